The fourth-order valence-electron chi connectivity index (χ4n) is 1.80. The number of amides is 2. The Hall–Kier alpha value is -1.99. The topological polar surface area (TPSA) is 70.6 Å². The lowest BCUT2D eigenvalue weighted by atomic mass is 10.2. The van der Waals surface area contributed by atoms with Gasteiger partial charge in [-0.3, -0.25) is 9.59 Å². The van der Waals surface area contributed by atoms with Crippen molar-refractivity contribution >= 4 is 55.6 Å². The van der Waals surface area contributed by atoms with Crippen molar-refractivity contribution in [2.75, 3.05) is 5.32 Å². The molecule has 0 saturated carbocycles. The van der Waals surface area contributed by atoms with Gasteiger partial charge in [0.05, 0.1) is 6.21 Å². The van der Waals surface area contributed by atoms with Gasteiger partial charge in [0, 0.05) is 27.5 Å². The van der Waals surface area contributed by atoms with Crippen molar-refractivity contribution in [1.29, 1.82) is 0 Å². The summed E-state index contributed by atoms with van der Waals surface area (Å²) < 4.78 is 1.85. The molecule has 0 unspecified atom stereocenters. The van der Waals surface area contributed by atoms with Crippen molar-refractivity contribution < 1.29 is 9.59 Å². The van der Waals surface area contributed by atoms with E-state index < -0.39 is 0 Å². The van der Waals surface area contributed by atoms with Gasteiger partial charge < -0.3 is 5.32 Å². The van der Waals surface area contributed by atoms with E-state index >= 15 is 0 Å². The molecule has 0 bridgehead atoms. The Morgan fingerprint density at radius 2 is 1.67 bits per heavy atom. The van der Waals surface area contributed by atoms with Crippen molar-refractivity contribution in [3.63, 3.8) is 0 Å². The smallest absolute Gasteiger partial charge is 0.240 e. The first kappa shape index (κ1) is 18.4. The highest BCUT2D eigenvalue weighted by Crippen LogP contribution is 2.15. The van der Waals surface area contributed by atoms with Crippen molar-refractivity contribution in [3.8, 4) is 0 Å². The fraction of sp³-hybridized carbons (Fsp3) is 0.118. The van der Waals surface area contributed by atoms with E-state index in [0.717, 1.165) is 14.5 Å². The van der Waals surface area contributed by atoms with Gasteiger partial charge in [-0.15, -0.1) is 0 Å². The molecule has 0 aliphatic rings. The normalized spacial score (nSPS) is 10.6. The average Bonchev–Trinajstić information content (AvgIpc) is 2.55. The molecule has 0 heterocycles. The molecule has 0 aliphatic heterocycles. The zero-order valence-electron chi connectivity index (χ0n) is 12.6. The standard InChI is InChI=1S/C17H15Br2N3O2/c18-13-6-4-12(5-7-13)11-20-22-17(24)9-8-16(23)21-15-3-1-2-14(19)10-15/h1-7,10-11H,8-9H2,(H,21,23)(H,22,24)/b20-11+. The summed E-state index contributed by atoms with van der Waals surface area (Å²) >= 11 is 6.68. The number of carbonyl (C=O) groups is 2. The lowest BCUT2D eigenvalue weighted by molar-refractivity contribution is -0.124. The molecule has 0 saturated heterocycles. The highest BCUT2D eigenvalue weighted by molar-refractivity contribution is 9.10. The fourth-order valence-corrected chi connectivity index (χ4v) is 2.46. The van der Waals surface area contributed by atoms with Crippen LogP contribution in [0.15, 0.2) is 62.6 Å². The first-order valence-electron chi connectivity index (χ1n) is 7.16. The third-order valence-electron chi connectivity index (χ3n) is 2.96. The van der Waals surface area contributed by atoms with Gasteiger partial charge in [-0.05, 0) is 35.9 Å². The van der Waals surface area contributed by atoms with Gasteiger partial charge in [0.15, 0.2) is 0 Å². The monoisotopic (exact) mass is 451 g/mol. The van der Waals surface area contributed by atoms with E-state index in [1.807, 2.05) is 36.4 Å². The van der Waals surface area contributed by atoms with Crippen LogP contribution in [0.25, 0.3) is 0 Å². The summed E-state index contributed by atoms with van der Waals surface area (Å²) in [7, 11) is 0. The maximum absolute atomic E-state index is 11.8. The number of benzene rings is 2. The predicted octanol–water partition coefficient (Wildman–Crippen LogP) is 4.08. The molecule has 2 aromatic rings. The Labute approximate surface area is 156 Å². The second-order valence-electron chi connectivity index (χ2n) is 4.90. The van der Waals surface area contributed by atoms with Crippen LogP contribution in [0.4, 0.5) is 5.69 Å². The van der Waals surface area contributed by atoms with Crippen molar-refractivity contribution in [2.24, 2.45) is 5.10 Å². The number of nitrogens with one attached hydrogen (secondary N) is 2. The second-order valence-corrected chi connectivity index (χ2v) is 6.73. The van der Waals surface area contributed by atoms with Crippen molar-refractivity contribution in [1.82, 2.24) is 5.43 Å². The van der Waals surface area contributed by atoms with Gasteiger partial charge in [-0.2, -0.15) is 5.10 Å². The molecular formula is C17H15Br2N3O2. The number of halogens is 2. The zero-order chi connectivity index (χ0) is 17.4. The molecule has 5 nitrogen and oxygen atoms in total. The lowest BCUT2D eigenvalue weighted by Crippen LogP contribution is -2.20. The van der Waals surface area contributed by atoms with Gasteiger partial charge >= 0.3 is 0 Å². The minimum atomic E-state index is -0.312. The average molecular weight is 453 g/mol. The maximum Gasteiger partial charge on any atom is 0.240 e. The highest BCUT2D eigenvalue weighted by Gasteiger charge is 2.06. The largest absolute Gasteiger partial charge is 0.326 e. The Morgan fingerprint density at radius 3 is 2.38 bits per heavy atom. The van der Waals surface area contributed by atoms with E-state index in [-0.39, 0.29) is 24.7 Å². The molecule has 2 amide bonds. The van der Waals surface area contributed by atoms with Gasteiger partial charge in [0.2, 0.25) is 11.8 Å². The molecular weight excluding hydrogens is 438 g/mol. The Balaban J connectivity index is 1.72. The minimum absolute atomic E-state index is 0.0670. The van der Waals surface area contributed by atoms with Gasteiger partial charge in [0.1, 0.15) is 0 Å². The van der Waals surface area contributed by atoms with Crippen molar-refractivity contribution in [2.45, 2.75) is 12.8 Å². The third kappa shape index (κ3) is 6.64. The number of carbonyl (C=O) groups excluding carboxylic acids is 2. The van der Waals surface area contributed by atoms with E-state index in [0.29, 0.717) is 5.69 Å². The lowest BCUT2D eigenvalue weighted by Gasteiger charge is -2.05. The molecule has 2 aromatic carbocycles. The molecule has 0 radical (unpaired) electrons. The quantitative estimate of drug-likeness (QED) is 0.512. The summed E-state index contributed by atoms with van der Waals surface area (Å²) in [6.45, 7) is 0. The molecule has 0 aliphatic carbocycles. The number of anilines is 1. The Bertz CT molecular complexity index is 746. The molecule has 0 fully saturated rings. The van der Waals surface area contributed by atoms with Crippen molar-refractivity contribution in [3.05, 3.63) is 63.0 Å². The molecule has 0 spiro atoms. The van der Waals surface area contributed by atoms with Crippen LogP contribution in [0, 0.1) is 0 Å². The number of nitrogens with zero attached hydrogens (tertiary/aromatic N) is 1. The predicted molar refractivity (Wildman–Crippen MR) is 102 cm³/mol. The van der Waals surface area contributed by atoms with E-state index in [1.165, 1.54) is 0 Å². The number of hydrogen-bond donors (Lipinski definition) is 2. The molecule has 0 aromatic heterocycles. The molecule has 7 heteroatoms. The third-order valence-corrected chi connectivity index (χ3v) is 3.98. The van der Waals surface area contributed by atoms with Crippen LogP contribution in [0.2, 0.25) is 0 Å². The Kier molecular flexibility index (Phi) is 7.14. The first-order valence-corrected chi connectivity index (χ1v) is 8.74. The molecule has 2 N–H and O–H groups in total. The van der Waals surface area contributed by atoms with Gasteiger partial charge in [-0.25, -0.2) is 5.43 Å². The molecule has 24 heavy (non-hydrogen) atoms. The summed E-state index contributed by atoms with van der Waals surface area (Å²) in [4.78, 5) is 23.5. The van der Waals surface area contributed by atoms with E-state index in [1.54, 1.807) is 18.3 Å². The second kappa shape index (κ2) is 9.34. The summed E-state index contributed by atoms with van der Waals surface area (Å²) in [5.41, 5.74) is 3.96. The summed E-state index contributed by atoms with van der Waals surface area (Å²) in [5, 5.41) is 6.60. The molecule has 0 atom stereocenters. The van der Waals surface area contributed by atoms with E-state index in [9.17, 15) is 9.59 Å². The SMILES string of the molecule is O=C(CCC(=O)Nc1cccc(Br)c1)N/N=C/c1ccc(Br)cc1. The molecule has 2 rings (SSSR count). The summed E-state index contributed by atoms with van der Waals surface area (Å²) in [6, 6.07) is 14.8. The van der Waals surface area contributed by atoms with Crippen LogP contribution >= 0.6 is 31.9 Å². The Morgan fingerprint density at radius 1 is 0.958 bits per heavy atom. The number of hydrogen-bond acceptors (Lipinski definition) is 3. The maximum atomic E-state index is 11.8. The van der Waals surface area contributed by atoms with Crippen LogP contribution < -0.4 is 10.7 Å². The zero-order valence-corrected chi connectivity index (χ0v) is 15.8. The molecule has 124 valence electrons. The highest BCUT2D eigenvalue weighted by atomic mass is 79.9. The van der Waals surface area contributed by atoms with Crippen LogP contribution in [0.5, 0.6) is 0 Å². The number of hydrazone groups is 1. The van der Waals surface area contributed by atoms with Crippen LogP contribution in [0.3, 0.4) is 0 Å². The summed E-state index contributed by atoms with van der Waals surface area (Å²) in [5.74, 6) is -0.534. The first-order chi connectivity index (χ1) is 11.5. The number of rotatable bonds is 6. The van der Waals surface area contributed by atoms with E-state index in [4.69, 9.17) is 0 Å². The van der Waals surface area contributed by atoms with Gasteiger partial charge in [0.25, 0.3) is 0 Å². The minimum Gasteiger partial charge on any atom is -0.326 e. The van der Waals surface area contributed by atoms with E-state index in [2.05, 4.69) is 47.7 Å². The van der Waals surface area contributed by atoms with Crippen LogP contribution in [-0.4, -0.2) is 18.0 Å². The van der Waals surface area contributed by atoms with Gasteiger partial charge in [-0.1, -0.05) is 50.1 Å². The van der Waals surface area contributed by atoms with Crippen LogP contribution in [0.1, 0.15) is 18.4 Å². The summed E-state index contributed by atoms with van der Waals surface area (Å²) in [6.07, 6.45) is 1.70. The van der Waals surface area contributed by atoms with Crippen LogP contribution in [-0.2, 0) is 9.59 Å².